The number of allylic oxidation sites excluding steroid dienone is 1. The van der Waals surface area contributed by atoms with Crippen molar-refractivity contribution in [1.82, 2.24) is 15.1 Å². The number of hydrogen-bond donors (Lipinski definition) is 1. The molecule has 5 heteroatoms. The Kier molecular flexibility index (Phi) is 4.86. The molecule has 4 nitrogen and oxygen atoms in total. The van der Waals surface area contributed by atoms with Crippen molar-refractivity contribution in [3.8, 4) is 5.69 Å². The van der Waals surface area contributed by atoms with Crippen molar-refractivity contribution in [1.29, 1.82) is 0 Å². The standard InChI is InChI=1S/C23H28FN3O/c1-4-20(26-15(2)28)11-17-5-6-18-12-22-16(13-23(17,18)3)14-25-27(22)21-9-7-19(24)8-10-21/h7-10,12,14,17,20H,4-6,11,13H2,1-3H3,(H,26,28). The molecule has 1 aromatic heterocycles. The van der Waals surface area contributed by atoms with Crippen LogP contribution in [0.25, 0.3) is 11.8 Å². The molecular formula is C23H28FN3O. The molecule has 0 radical (unpaired) electrons. The smallest absolute Gasteiger partial charge is 0.217 e. The van der Waals surface area contributed by atoms with Gasteiger partial charge in [0.15, 0.2) is 0 Å². The van der Waals surface area contributed by atoms with Crippen molar-refractivity contribution in [2.24, 2.45) is 11.3 Å². The lowest BCUT2D eigenvalue weighted by Gasteiger charge is -2.37. The Morgan fingerprint density at radius 2 is 2.14 bits per heavy atom. The Labute approximate surface area is 165 Å². The molecule has 2 aliphatic carbocycles. The predicted molar refractivity (Wildman–Crippen MR) is 109 cm³/mol. The van der Waals surface area contributed by atoms with E-state index in [0.717, 1.165) is 43.5 Å². The summed E-state index contributed by atoms with van der Waals surface area (Å²) in [7, 11) is 0. The maximum atomic E-state index is 13.3. The lowest BCUT2D eigenvalue weighted by molar-refractivity contribution is -0.119. The Morgan fingerprint density at radius 3 is 2.82 bits per heavy atom. The van der Waals surface area contributed by atoms with E-state index in [4.69, 9.17) is 0 Å². The van der Waals surface area contributed by atoms with Crippen molar-refractivity contribution in [2.45, 2.75) is 58.9 Å². The fourth-order valence-electron chi connectivity index (χ4n) is 5.06. The van der Waals surface area contributed by atoms with Crippen LogP contribution < -0.4 is 5.32 Å². The van der Waals surface area contributed by atoms with Gasteiger partial charge in [0.1, 0.15) is 5.82 Å². The third-order valence-corrected chi connectivity index (χ3v) is 6.69. The summed E-state index contributed by atoms with van der Waals surface area (Å²) in [6.07, 6.45) is 9.45. The molecule has 28 heavy (non-hydrogen) atoms. The normalized spacial score (nSPS) is 24.3. The van der Waals surface area contributed by atoms with E-state index in [0.29, 0.717) is 5.92 Å². The van der Waals surface area contributed by atoms with Crippen molar-refractivity contribution in [3.63, 3.8) is 0 Å². The lowest BCUT2D eigenvalue weighted by Crippen LogP contribution is -2.38. The predicted octanol–water partition coefficient (Wildman–Crippen LogP) is 4.67. The van der Waals surface area contributed by atoms with E-state index in [1.54, 1.807) is 19.1 Å². The second-order valence-electron chi connectivity index (χ2n) is 8.48. The van der Waals surface area contributed by atoms with Gasteiger partial charge in [0, 0.05) is 13.0 Å². The van der Waals surface area contributed by atoms with E-state index in [2.05, 4.69) is 30.3 Å². The van der Waals surface area contributed by atoms with Crippen LogP contribution in [-0.2, 0) is 11.2 Å². The quantitative estimate of drug-likeness (QED) is 0.818. The van der Waals surface area contributed by atoms with E-state index in [9.17, 15) is 9.18 Å². The van der Waals surface area contributed by atoms with Crippen molar-refractivity contribution in [3.05, 3.63) is 53.1 Å². The molecule has 1 saturated carbocycles. The SMILES string of the molecule is CCC(CC1CCC2=Cc3c(cnn3-c3ccc(F)cc3)CC21C)NC(C)=O. The molecule has 1 fully saturated rings. The molecule has 0 saturated heterocycles. The van der Waals surface area contributed by atoms with E-state index in [1.165, 1.54) is 23.3 Å². The molecule has 2 aromatic rings. The summed E-state index contributed by atoms with van der Waals surface area (Å²) in [5.74, 6) is 0.370. The summed E-state index contributed by atoms with van der Waals surface area (Å²) in [6.45, 7) is 6.11. The van der Waals surface area contributed by atoms with Crippen LogP contribution in [-0.4, -0.2) is 21.7 Å². The van der Waals surface area contributed by atoms with Gasteiger partial charge in [0.05, 0.1) is 17.6 Å². The van der Waals surface area contributed by atoms with Gasteiger partial charge in [-0.1, -0.05) is 19.4 Å². The molecule has 0 bridgehead atoms. The van der Waals surface area contributed by atoms with E-state index < -0.39 is 0 Å². The summed E-state index contributed by atoms with van der Waals surface area (Å²) in [6, 6.07) is 6.73. The monoisotopic (exact) mass is 381 g/mol. The molecule has 4 rings (SSSR count). The van der Waals surface area contributed by atoms with Gasteiger partial charge < -0.3 is 5.32 Å². The van der Waals surface area contributed by atoms with Crippen molar-refractivity contribution in [2.75, 3.05) is 0 Å². The molecule has 1 amide bonds. The minimum atomic E-state index is -0.237. The second kappa shape index (κ2) is 7.19. The van der Waals surface area contributed by atoms with Gasteiger partial charge >= 0.3 is 0 Å². The number of halogens is 1. The summed E-state index contributed by atoms with van der Waals surface area (Å²) in [5.41, 5.74) is 4.85. The minimum Gasteiger partial charge on any atom is -0.354 e. The highest BCUT2D eigenvalue weighted by atomic mass is 19.1. The first kappa shape index (κ1) is 18.9. The summed E-state index contributed by atoms with van der Waals surface area (Å²) < 4.78 is 15.2. The average Bonchev–Trinajstić information content (AvgIpc) is 3.20. The van der Waals surface area contributed by atoms with E-state index in [-0.39, 0.29) is 23.2 Å². The van der Waals surface area contributed by atoms with Crippen LogP contribution in [0.3, 0.4) is 0 Å². The van der Waals surface area contributed by atoms with Crippen LogP contribution >= 0.6 is 0 Å². The number of carbonyl (C=O) groups excluding carboxylic acids is 1. The molecule has 148 valence electrons. The summed E-state index contributed by atoms with van der Waals surface area (Å²) in [4.78, 5) is 11.5. The molecule has 3 unspecified atom stereocenters. The first-order valence-corrected chi connectivity index (χ1v) is 10.2. The number of hydrogen-bond acceptors (Lipinski definition) is 2. The van der Waals surface area contributed by atoms with Crippen LogP contribution in [0, 0.1) is 17.2 Å². The van der Waals surface area contributed by atoms with E-state index >= 15 is 0 Å². The van der Waals surface area contributed by atoms with Gasteiger partial charge in [-0.25, -0.2) is 9.07 Å². The highest BCUT2D eigenvalue weighted by Crippen LogP contribution is 2.54. The topological polar surface area (TPSA) is 46.9 Å². The second-order valence-corrected chi connectivity index (χ2v) is 8.48. The Bertz CT molecular complexity index is 914. The Morgan fingerprint density at radius 1 is 1.39 bits per heavy atom. The van der Waals surface area contributed by atoms with Gasteiger partial charge in [-0.05, 0) is 79.3 Å². The largest absolute Gasteiger partial charge is 0.354 e. The number of amides is 1. The molecule has 1 aromatic carbocycles. The van der Waals surface area contributed by atoms with Gasteiger partial charge in [-0.3, -0.25) is 4.79 Å². The molecule has 2 aliphatic rings. The zero-order valence-electron chi connectivity index (χ0n) is 16.8. The zero-order chi connectivity index (χ0) is 19.9. The third kappa shape index (κ3) is 3.27. The zero-order valence-corrected chi connectivity index (χ0v) is 16.8. The maximum absolute atomic E-state index is 13.3. The maximum Gasteiger partial charge on any atom is 0.217 e. The van der Waals surface area contributed by atoms with Gasteiger partial charge in [-0.15, -0.1) is 0 Å². The number of fused-ring (bicyclic) bond motifs is 2. The van der Waals surface area contributed by atoms with Crippen LogP contribution in [0.1, 0.15) is 57.7 Å². The highest BCUT2D eigenvalue weighted by molar-refractivity contribution is 5.73. The summed E-state index contributed by atoms with van der Waals surface area (Å²) in [5, 5.41) is 7.70. The first-order chi connectivity index (χ1) is 13.4. The number of carbonyl (C=O) groups is 1. The minimum absolute atomic E-state index is 0.0530. The third-order valence-electron chi connectivity index (χ3n) is 6.69. The van der Waals surface area contributed by atoms with Crippen LogP contribution in [0.2, 0.25) is 0 Å². The van der Waals surface area contributed by atoms with Crippen molar-refractivity contribution < 1.29 is 9.18 Å². The number of nitrogens with one attached hydrogen (secondary N) is 1. The van der Waals surface area contributed by atoms with Crippen LogP contribution in [0.4, 0.5) is 4.39 Å². The summed E-state index contributed by atoms with van der Waals surface area (Å²) >= 11 is 0. The van der Waals surface area contributed by atoms with Gasteiger partial charge in [0.25, 0.3) is 0 Å². The highest BCUT2D eigenvalue weighted by Gasteiger charge is 2.45. The molecular weight excluding hydrogens is 353 g/mol. The number of aromatic nitrogens is 2. The molecule has 0 aliphatic heterocycles. The van der Waals surface area contributed by atoms with Crippen LogP contribution in [0.5, 0.6) is 0 Å². The number of rotatable bonds is 5. The van der Waals surface area contributed by atoms with Crippen LogP contribution in [0.15, 0.2) is 36.0 Å². The molecule has 0 spiro atoms. The molecule has 1 heterocycles. The van der Waals surface area contributed by atoms with Crippen molar-refractivity contribution >= 4 is 12.0 Å². The molecule has 1 N–H and O–H groups in total. The van der Waals surface area contributed by atoms with Gasteiger partial charge in [-0.2, -0.15) is 5.10 Å². The fourth-order valence-corrected chi connectivity index (χ4v) is 5.06. The number of benzene rings is 1. The fraction of sp³-hybridized carbons (Fsp3) is 0.478. The number of nitrogens with zero attached hydrogens (tertiary/aromatic N) is 2. The Hall–Kier alpha value is -2.43. The average molecular weight is 381 g/mol. The lowest BCUT2D eigenvalue weighted by atomic mass is 9.68. The molecule has 3 atom stereocenters. The van der Waals surface area contributed by atoms with E-state index in [1.807, 2.05) is 10.9 Å². The first-order valence-electron chi connectivity index (χ1n) is 10.2. The van der Waals surface area contributed by atoms with Gasteiger partial charge in [0.2, 0.25) is 5.91 Å². The Balaban J connectivity index is 1.61.